The van der Waals surface area contributed by atoms with Gasteiger partial charge in [-0.05, 0) is 36.5 Å². The number of hydrogen-bond acceptors (Lipinski definition) is 6. The summed E-state index contributed by atoms with van der Waals surface area (Å²) in [5.74, 6) is 0.0859. The number of rotatable bonds is 11. The van der Waals surface area contributed by atoms with E-state index in [1.165, 1.54) is 0 Å². The van der Waals surface area contributed by atoms with E-state index < -0.39 is 26.7 Å². The van der Waals surface area contributed by atoms with E-state index in [1.54, 1.807) is 37.3 Å². The Labute approximate surface area is 193 Å². The third-order valence-electron chi connectivity index (χ3n) is 5.48. The van der Waals surface area contributed by atoms with E-state index in [4.69, 9.17) is 0 Å². The van der Waals surface area contributed by atoms with Gasteiger partial charge in [0.05, 0.1) is 9.82 Å². The summed E-state index contributed by atoms with van der Waals surface area (Å²) in [6.07, 6.45) is -1.44. The number of nitrogens with zero attached hydrogens (tertiary/aromatic N) is 3. The predicted molar refractivity (Wildman–Crippen MR) is 121 cm³/mol. The summed E-state index contributed by atoms with van der Waals surface area (Å²) in [6, 6.07) is 13.1. The molecule has 1 unspecified atom stereocenters. The van der Waals surface area contributed by atoms with Crippen LogP contribution in [0.2, 0.25) is 0 Å². The first-order valence-corrected chi connectivity index (χ1v) is 11.9. The van der Waals surface area contributed by atoms with Crippen molar-refractivity contribution in [1.82, 2.24) is 9.37 Å². The Morgan fingerprint density at radius 3 is 2.15 bits per heavy atom. The topological polar surface area (TPSA) is 141 Å². The highest BCUT2D eigenvalue weighted by Gasteiger charge is 2.49. The zero-order chi connectivity index (χ0) is 24.8. The smallest absolute Gasteiger partial charge is 0.433 e. The molecule has 11 heteroatoms. The van der Waals surface area contributed by atoms with Crippen molar-refractivity contribution in [3.63, 3.8) is 0 Å². The zero-order valence-electron chi connectivity index (χ0n) is 18.8. The number of non-ortho nitro benzene ring substituents is 1. The van der Waals surface area contributed by atoms with Crippen molar-refractivity contribution in [2.45, 2.75) is 50.6 Å². The van der Waals surface area contributed by atoms with Crippen molar-refractivity contribution < 1.29 is 28.4 Å². The first-order valence-electron chi connectivity index (χ1n) is 10.5. The minimum atomic E-state index is -4.36. The van der Waals surface area contributed by atoms with Crippen LogP contribution in [0.1, 0.15) is 39.2 Å². The molecule has 0 saturated heterocycles. The van der Waals surface area contributed by atoms with Gasteiger partial charge in [-0.1, -0.05) is 51.1 Å². The molecule has 180 valence electrons. The molecule has 0 heterocycles. The fraction of sp³-hybridized carbons (Fsp3) is 0.409. The van der Waals surface area contributed by atoms with Crippen LogP contribution in [-0.4, -0.2) is 51.3 Å². The van der Waals surface area contributed by atoms with Crippen molar-refractivity contribution in [3.05, 3.63) is 70.3 Å². The Morgan fingerprint density at radius 1 is 1.12 bits per heavy atom. The highest BCUT2D eigenvalue weighted by molar-refractivity contribution is 7.89. The molecule has 1 amide bonds. The number of carboxylic acid groups (broad SMARTS) is 1. The van der Waals surface area contributed by atoms with Gasteiger partial charge in [-0.15, -0.1) is 0 Å². The van der Waals surface area contributed by atoms with Crippen LogP contribution >= 0.6 is 0 Å². The van der Waals surface area contributed by atoms with Crippen molar-refractivity contribution in [2.75, 3.05) is 6.54 Å². The molecule has 2 aromatic carbocycles. The standard InChI is InChI=1S/C22H29N3O7S/c1-4-22(24(28)21(26)27,16-18-8-6-5-7-9-18)23(15-14-17(2)3)33(31,32)20-12-10-19(11-13-20)25(29)30/h5-13,17,28H,4,14-16H2,1-3H3,(H,26,27). The molecular formula is C22H29N3O7S. The van der Waals surface area contributed by atoms with E-state index in [1.807, 2.05) is 13.8 Å². The van der Waals surface area contributed by atoms with Crippen LogP contribution in [0.25, 0.3) is 0 Å². The quantitative estimate of drug-likeness (QED) is 0.211. The highest BCUT2D eigenvalue weighted by atomic mass is 32.2. The molecule has 0 fully saturated rings. The average molecular weight is 480 g/mol. The Morgan fingerprint density at radius 2 is 1.70 bits per heavy atom. The maximum Gasteiger partial charge on any atom is 0.433 e. The normalized spacial score (nSPS) is 13.6. The van der Waals surface area contributed by atoms with Gasteiger partial charge in [-0.3, -0.25) is 15.3 Å². The maximum atomic E-state index is 13.8. The molecule has 10 nitrogen and oxygen atoms in total. The molecule has 0 bridgehead atoms. The average Bonchev–Trinajstić information content (AvgIpc) is 2.78. The van der Waals surface area contributed by atoms with Crippen LogP contribution in [0.4, 0.5) is 10.5 Å². The van der Waals surface area contributed by atoms with Crippen molar-refractivity contribution in [1.29, 1.82) is 0 Å². The zero-order valence-corrected chi connectivity index (χ0v) is 19.6. The number of benzene rings is 2. The summed E-state index contributed by atoms with van der Waals surface area (Å²) in [6.45, 7) is 5.33. The van der Waals surface area contributed by atoms with Crippen LogP contribution in [0.15, 0.2) is 59.5 Å². The lowest BCUT2D eigenvalue weighted by atomic mass is 9.95. The molecule has 2 aromatic rings. The van der Waals surface area contributed by atoms with E-state index >= 15 is 0 Å². The first-order chi connectivity index (χ1) is 15.5. The van der Waals surface area contributed by atoms with Gasteiger partial charge in [0.2, 0.25) is 10.0 Å². The van der Waals surface area contributed by atoms with Crippen LogP contribution < -0.4 is 0 Å². The molecule has 0 aliphatic heterocycles. The van der Waals surface area contributed by atoms with Crippen LogP contribution in [0, 0.1) is 16.0 Å². The Bertz CT molecular complexity index is 1060. The fourth-order valence-electron chi connectivity index (χ4n) is 3.62. The van der Waals surface area contributed by atoms with Crippen molar-refractivity contribution in [3.8, 4) is 0 Å². The summed E-state index contributed by atoms with van der Waals surface area (Å²) in [5.41, 5.74) is -1.49. The monoisotopic (exact) mass is 479 g/mol. The minimum absolute atomic E-state index is 0.0466. The Hall–Kier alpha value is -3.02. The van der Waals surface area contributed by atoms with Crippen LogP contribution in [-0.2, 0) is 16.4 Å². The molecular weight excluding hydrogens is 450 g/mol. The largest absolute Gasteiger partial charge is 0.463 e. The van der Waals surface area contributed by atoms with E-state index in [9.17, 15) is 33.6 Å². The molecule has 33 heavy (non-hydrogen) atoms. The number of hydrogen-bond donors (Lipinski definition) is 2. The number of amides is 1. The van der Waals surface area contributed by atoms with Gasteiger partial charge in [0.1, 0.15) is 5.66 Å². The molecule has 0 radical (unpaired) electrons. The molecule has 0 saturated carbocycles. The number of hydroxylamine groups is 2. The van der Waals surface area contributed by atoms with E-state index in [0.29, 0.717) is 12.0 Å². The third kappa shape index (κ3) is 5.86. The minimum Gasteiger partial charge on any atom is -0.463 e. The van der Waals surface area contributed by atoms with Crippen molar-refractivity contribution >= 4 is 21.8 Å². The maximum absolute atomic E-state index is 13.8. The molecule has 0 aliphatic rings. The first kappa shape index (κ1) is 26.2. The molecule has 0 aromatic heterocycles. The Kier molecular flexibility index (Phi) is 8.53. The van der Waals surface area contributed by atoms with Crippen molar-refractivity contribution in [2.24, 2.45) is 5.92 Å². The molecule has 2 rings (SSSR count). The van der Waals surface area contributed by atoms with Gasteiger partial charge in [0.15, 0.2) is 0 Å². The van der Waals surface area contributed by atoms with E-state index in [0.717, 1.165) is 28.6 Å². The van der Waals surface area contributed by atoms with E-state index in [2.05, 4.69) is 0 Å². The summed E-state index contributed by atoms with van der Waals surface area (Å²) in [5, 5.41) is 31.4. The van der Waals surface area contributed by atoms with E-state index in [-0.39, 0.29) is 41.0 Å². The Balaban J connectivity index is 2.70. The molecule has 2 N–H and O–H groups in total. The molecule has 0 aliphatic carbocycles. The third-order valence-corrected chi connectivity index (χ3v) is 7.45. The van der Waals surface area contributed by atoms with Gasteiger partial charge in [0.25, 0.3) is 5.69 Å². The lowest BCUT2D eigenvalue weighted by molar-refractivity contribution is -0.384. The number of carbonyl (C=O) groups is 1. The SMILES string of the molecule is CCC(Cc1ccccc1)(N(O)C(=O)O)N(CCC(C)C)S(=O)(=O)c1ccc([N+](=O)[O-])cc1. The lowest BCUT2D eigenvalue weighted by Gasteiger charge is -2.45. The lowest BCUT2D eigenvalue weighted by Crippen LogP contribution is -2.64. The summed E-state index contributed by atoms with van der Waals surface area (Å²) in [7, 11) is -4.36. The predicted octanol–water partition coefficient (Wildman–Crippen LogP) is 4.35. The highest BCUT2D eigenvalue weighted by Crippen LogP contribution is 2.35. The second-order valence-electron chi connectivity index (χ2n) is 8.10. The second-order valence-corrected chi connectivity index (χ2v) is 9.97. The summed E-state index contributed by atoms with van der Waals surface area (Å²) < 4.78 is 28.6. The summed E-state index contributed by atoms with van der Waals surface area (Å²) in [4.78, 5) is 22.0. The van der Waals surface area contributed by atoms with Gasteiger partial charge in [-0.25, -0.2) is 13.2 Å². The van der Waals surface area contributed by atoms with Crippen LogP contribution in [0.5, 0.6) is 0 Å². The summed E-state index contributed by atoms with van der Waals surface area (Å²) >= 11 is 0. The number of nitro benzene ring substituents is 1. The number of nitro groups is 1. The molecule has 1 atom stereocenters. The van der Waals surface area contributed by atoms with Gasteiger partial charge in [-0.2, -0.15) is 9.37 Å². The van der Waals surface area contributed by atoms with Gasteiger partial charge >= 0.3 is 6.09 Å². The van der Waals surface area contributed by atoms with Gasteiger partial charge < -0.3 is 5.11 Å². The fourth-order valence-corrected chi connectivity index (χ4v) is 5.41. The molecule has 0 spiro atoms. The number of sulfonamides is 1. The van der Waals surface area contributed by atoms with Crippen LogP contribution in [0.3, 0.4) is 0 Å². The van der Waals surface area contributed by atoms with Gasteiger partial charge in [0, 0.05) is 25.1 Å². The second kappa shape index (κ2) is 10.7.